The molecule has 142 valence electrons. The van der Waals surface area contributed by atoms with Crippen LogP contribution in [0.3, 0.4) is 0 Å². The molecule has 27 heavy (non-hydrogen) atoms. The van der Waals surface area contributed by atoms with Gasteiger partial charge < -0.3 is 15.0 Å². The summed E-state index contributed by atoms with van der Waals surface area (Å²) in [7, 11) is 0. The van der Waals surface area contributed by atoms with E-state index in [1.807, 2.05) is 6.92 Å². The molecule has 1 N–H and O–H groups in total. The van der Waals surface area contributed by atoms with Gasteiger partial charge in [-0.25, -0.2) is 13.2 Å². The fourth-order valence-electron chi connectivity index (χ4n) is 2.82. The molecule has 0 spiro atoms. The summed E-state index contributed by atoms with van der Waals surface area (Å²) in [6.07, 6.45) is 0. The number of hydrogen-bond donors (Lipinski definition) is 1. The molecule has 0 radical (unpaired) electrons. The Labute approximate surface area is 153 Å². The van der Waals surface area contributed by atoms with Gasteiger partial charge in [-0.3, -0.25) is 9.59 Å². The fourth-order valence-corrected chi connectivity index (χ4v) is 2.82. The molecule has 1 unspecified atom stereocenters. The van der Waals surface area contributed by atoms with Crippen LogP contribution in [0.15, 0.2) is 36.4 Å². The Hall–Kier alpha value is -2.87. The van der Waals surface area contributed by atoms with Crippen molar-refractivity contribution in [1.29, 1.82) is 0 Å². The van der Waals surface area contributed by atoms with Crippen molar-refractivity contribution in [3.05, 3.63) is 65.0 Å². The van der Waals surface area contributed by atoms with Gasteiger partial charge in [0.2, 0.25) is 0 Å². The van der Waals surface area contributed by atoms with Gasteiger partial charge in [0.25, 0.3) is 11.8 Å². The maximum atomic E-state index is 13.8. The molecule has 1 aliphatic rings. The summed E-state index contributed by atoms with van der Waals surface area (Å²) in [5.41, 5.74) is -0.0596. The molecule has 5 nitrogen and oxygen atoms in total. The van der Waals surface area contributed by atoms with E-state index in [0.29, 0.717) is 31.4 Å². The predicted molar refractivity (Wildman–Crippen MR) is 92.0 cm³/mol. The summed E-state index contributed by atoms with van der Waals surface area (Å²) in [5, 5.41) is 2.39. The van der Waals surface area contributed by atoms with Gasteiger partial charge in [-0.1, -0.05) is 6.07 Å². The Morgan fingerprint density at radius 2 is 1.93 bits per heavy atom. The Kier molecular flexibility index (Phi) is 5.46. The molecular weight excluding hydrogens is 361 g/mol. The third kappa shape index (κ3) is 3.95. The highest BCUT2D eigenvalue weighted by Crippen LogP contribution is 2.19. The number of halogens is 3. The zero-order valence-corrected chi connectivity index (χ0v) is 14.5. The van der Waals surface area contributed by atoms with Crippen molar-refractivity contribution in [3.63, 3.8) is 0 Å². The van der Waals surface area contributed by atoms with Gasteiger partial charge in [-0.2, -0.15) is 0 Å². The van der Waals surface area contributed by atoms with Crippen molar-refractivity contribution >= 4 is 17.5 Å². The van der Waals surface area contributed by atoms with Crippen LogP contribution in [0.5, 0.6) is 0 Å². The van der Waals surface area contributed by atoms with E-state index in [-0.39, 0.29) is 17.6 Å². The highest BCUT2D eigenvalue weighted by molar-refractivity contribution is 6.05. The molecule has 2 amide bonds. The van der Waals surface area contributed by atoms with E-state index in [1.165, 1.54) is 12.1 Å². The molecule has 8 heteroatoms. The number of carbonyl (C=O) groups is 2. The quantitative estimate of drug-likeness (QED) is 0.835. The van der Waals surface area contributed by atoms with Crippen LogP contribution in [-0.2, 0) is 4.74 Å². The molecule has 2 aromatic rings. The number of amides is 2. The largest absolute Gasteiger partial charge is 0.377 e. The molecule has 0 aliphatic carbocycles. The summed E-state index contributed by atoms with van der Waals surface area (Å²) >= 11 is 0. The third-order valence-corrected chi connectivity index (χ3v) is 4.28. The molecule has 1 aliphatic heterocycles. The van der Waals surface area contributed by atoms with Crippen molar-refractivity contribution in [2.45, 2.75) is 13.0 Å². The Bertz CT molecular complexity index is 888. The van der Waals surface area contributed by atoms with Gasteiger partial charge in [-0.15, -0.1) is 0 Å². The third-order valence-electron chi connectivity index (χ3n) is 4.28. The number of nitrogens with one attached hydrogen (secondary N) is 1. The van der Waals surface area contributed by atoms with Gasteiger partial charge in [0.15, 0.2) is 17.5 Å². The number of hydrogen-bond acceptors (Lipinski definition) is 3. The maximum absolute atomic E-state index is 13.8. The summed E-state index contributed by atoms with van der Waals surface area (Å²) in [5.74, 6) is -5.83. The Morgan fingerprint density at radius 3 is 2.67 bits per heavy atom. The second-order valence-corrected chi connectivity index (χ2v) is 6.18. The molecule has 1 atom stereocenters. The lowest BCUT2D eigenvalue weighted by Gasteiger charge is -2.33. The van der Waals surface area contributed by atoms with Gasteiger partial charge in [0.1, 0.15) is 0 Å². The number of nitrogens with zero attached hydrogens (tertiary/aromatic N) is 1. The van der Waals surface area contributed by atoms with Crippen LogP contribution >= 0.6 is 0 Å². The molecule has 0 bridgehead atoms. The molecule has 2 aromatic carbocycles. The van der Waals surface area contributed by atoms with Crippen LogP contribution in [0.4, 0.5) is 18.9 Å². The number of carbonyl (C=O) groups excluding carboxylic acids is 2. The highest BCUT2D eigenvalue weighted by Gasteiger charge is 2.25. The van der Waals surface area contributed by atoms with Crippen molar-refractivity contribution in [3.8, 4) is 0 Å². The number of morpholine rings is 1. The summed E-state index contributed by atoms with van der Waals surface area (Å²) in [6, 6.07) is 7.56. The SMILES string of the molecule is CC1COCCN1C(=O)c1cccc(NC(=O)c2ccc(F)c(F)c2F)c1. The lowest BCUT2D eigenvalue weighted by atomic mass is 10.1. The first-order valence-electron chi connectivity index (χ1n) is 8.32. The van der Waals surface area contributed by atoms with Crippen LogP contribution in [-0.4, -0.2) is 42.5 Å². The molecule has 0 aromatic heterocycles. The predicted octanol–water partition coefficient (Wildman–Crippen LogP) is 3.22. The van der Waals surface area contributed by atoms with Crippen molar-refractivity contribution in [1.82, 2.24) is 4.90 Å². The van der Waals surface area contributed by atoms with Crippen LogP contribution < -0.4 is 5.32 Å². The minimum Gasteiger partial charge on any atom is -0.377 e. The Morgan fingerprint density at radius 1 is 1.15 bits per heavy atom. The number of rotatable bonds is 3. The van der Waals surface area contributed by atoms with Gasteiger partial charge in [-0.05, 0) is 37.3 Å². The lowest BCUT2D eigenvalue weighted by Crippen LogP contribution is -2.47. The highest BCUT2D eigenvalue weighted by atomic mass is 19.2. The first-order valence-corrected chi connectivity index (χ1v) is 8.32. The van der Waals surface area contributed by atoms with E-state index < -0.39 is 28.9 Å². The summed E-state index contributed by atoms with van der Waals surface area (Å²) < 4.78 is 45.4. The Balaban J connectivity index is 1.79. The van der Waals surface area contributed by atoms with Crippen LogP contribution in [0, 0.1) is 17.5 Å². The van der Waals surface area contributed by atoms with Crippen LogP contribution in [0.25, 0.3) is 0 Å². The smallest absolute Gasteiger partial charge is 0.258 e. The van der Waals surface area contributed by atoms with Crippen molar-refractivity contribution in [2.24, 2.45) is 0 Å². The van der Waals surface area contributed by atoms with Gasteiger partial charge >= 0.3 is 0 Å². The first kappa shape index (κ1) is 18.9. The normalized spacial score (nSPS) is 16.9. The van der Waals surface area contributed by atoms with E-state index in [1.54, 1.807) is 17.0 Å². The summed E-state index contributed by atoms with van der Waals surface area (Å²) in [4.78, 5) is 26.5. The van der Waals surface area contributed by atoms with Crippen molar-refractivity contribution in [2.75, 3.05) is 25.1 Å². The van der Waals surface area contributed by atoms with Gasteiger partial charge in [0, 0.05) is 17.8 Å². The van der Waals surface area contributed by atoms with Gasteiger partial charge in [0.05, 0.1) is 24.8 Å². The molecule has 1 heterocycles. The average Bonchev–Trinajstić information content (AvgIpc) is 2.66. The maximum Gasteiger partial charge on any atom is 0.258 e. The summed E-state index contributed by atoms with van der Waals surface area (Å²) in [6.45, 7) is 3.21. The standard InChI is InChI=1S/C19H17F3N2O3/c1-11-10-27-8-7-24(11)19(26)12-3-2-4-13(9-12)23-18(25)14-5-6-15(20)17(22)16(14)21/h2-6,9,11H,7-8,10H2,1H3,(H,23,25). The van der Waals surface area contributed by atoms with Crippen LogP contribution in [0.1, 0.15) is 27.6 Å². The average molecular weight is 378 g/mol. The van der Waals surface area contributed by atoms with E-state index >= 15 is 0 Å². The molecular formula is C19H17F3N2O3. The van der Waals surface area contributed by atoms with E-state index in [4.69, 9.17) is 4.74 Å². The van der Waals surface area contributed by atoms with E-state index in [9.17, 15) is 22.8 Å². The monoisotopic (exact) mass is 378 g/mol. The molecule has 1 saturated heterocycles. The molecule has 0 saturated carbocycles. The fraction of sp³-hybridized carbons (Fsp3) is 0.263. The molecule has 3 rings (SSSR count). The van der Waals surface area contributed by atoms with E-state index in [0.717, 1.165) is 6.07 Å². The number of ether oxygens (including phenoxy) is 1. The molecule has 1 fully saturated rings. The zero-order valence-electron chi connectivity index (χ0n) is 14.5. The zero-order chi connectivity index (χ0) is 19.6. The first-order chi connectivity index (χ1) is 12.9. The van der Waals surface area contributed by atoms with E-state index in [2.05, 4.69) is 5.32 Å². The van der Waals surface area contributed by atoms with Crippen LogP contribution in [0.2, 0.25) is 0 Å². The number of benzene rings is 2. The number of anilines is 1. The van der Waals surface area contributed by atoms with Crippen molar-refractivity contribution < 1.29 is 27.5 Å². The minimum atomic E-state index is -1.71. The second-order valence-electron chi connectivity index (χ2n) is 6.18. The second kappa shape index (κ2) is 7.79. The lowest BCUT2D eigenvalue weighted by molar-refractivity contribution is 0.00359. The minimum absolute atomic E-state index is 0.0826. The topological polar surface area (TPSA) is 58.6 Å².